The van der Waals surface area contributed by atoms with Crippen LogP contribution in [-0.2, 0) is 19.1 Å². The number of carboxylic acid groups (broad SMARTS) is 2. The first-order chi connectivity index (χ1) is 8.00. The summed E-state index contributed by atoms with van der Waals surface area (Å²) >= 11 is 0. The number of hydrogen-bond donors (Lipinski definition) is 2. The average Bonchev–Trinajstić information content (AvgIpc) is 2.27. The largest absolute Gasteiger partial charge is 0.480 e. The molecule has 0 aromatic heterocycles. The monoisotopic (exact) mass is 245 g/mol. The van der Waals surface area contributed by atoms with Crippen molar-refractivity contribution < 1.29 is 29.3 Å². The second-order valence-electron chi connectivity index (χ2n) is 3.84. The van der Waals surface area contributed by atoms with Gasteiger partial charge in [0.1, 0.15) is 19.2 Å². The molecule has 17 heavy (non-hydrogen) atoms. The SMILES string of the molecule is O=C(O)CN(CC(=O)O)C(=O)C1CCCCO1. The van der Waals surface area contributed by atoms with Gasteiger partial charge in [0, 0.05) is 6.61 Å². The topological polar surface area (TPSA) is 104 Å². The highest BCUT2D eigenvalue weighted by atomic mass is 16.5. The van der Waals surface area contributed by atoms with E-state index in [1.807, 2.05) is 0 Å². The van der Waals surface area contributed by atoms with Crippen LogP contribution < -0.4 is 0 Å². The molecule has 7 nitrogen and oxygen atoms in total. The van der Waals surface area contributed by atoms with E-state index in [2.05, 4.69) is 0 Å². The molecular formula is C10H15NO6. The number of carbonyl (C=O) groups is 3. The van der Waals surface area contributed by atoms with Gasteiger partial charge in [-0.1, -0.05) is 0 Å². The van der Waals surface area contributed by atoms with Crippen LogP contribution in [0.5, 0.6) is 0 Å². The van der Waals surface area contributed by atoms with Gasteiger partial charge in [-0.05, 0) is 19.3 Å². The highest BCUT2D eigenvalue weighted by Crippen LogP contribution is 2.15. The summed E-state index contributed by atoms with van der Waals surface area (Å²) < 4.78 is 5.21. The smallest absolute Gasteiger partial charge is 0.323 e. The Morgan fingerprint density at radius 3 is 2.12 bits per heavy atom. The van der Waals surface area contributed by atoms with Crippen molar-refractivity contribution in [1.82, 2.24) is 4.90 Å². The van der Waals surface area contributed by atoms with Crippen molar-refractivity contribution in [3.05, 3.63) is 0 Å². The third kappa shape index (κ3) is 4.39. The fourth-order valence-corrected chi connectivity index (χ4v) is 1.68. The summed E-state index contributed by atoms with van der Waals surface area (Å²) in [6.07, 6.45) is 1.49. The van der Waals surface area contributed by atoms with Crippen molar-refractivity contribution in [1.29, 1.82) is 0 Å². The van der Waals surface area contributed by atoms with Gasteiger partial charge in [-0.15, -0.1) is 0 Å². The summed E-state index contributed by atoms with van der Waals surface area (Å²) in [6, 6.07) is 0. The van der Waals surface area contributed by atoms with Crippen molar-refractivity contribution in [2.75, 3.05) is 19.7 Å². The van der Waals surface area contributed by atoms with Gasteiger partial charge in [0.25, 0.3) is 5.91 Å². The number of rotatable bonds is 5. The fourth-order valence-electron chi connectivity index (χ4n) is 1.68. The molecule has 1 fully saturated rings. The zero-order valence-corrected chi connectivity index (χ0v) is 9.29. The summed E-state index contributed by atoms with van der Waals surface area (Å²) in [5.74, 6) is -3.04. The summed E-state index contributed by atoms with van der Waals surface area (Å²) in [4.78, 5) is 33.7. The molecule has 1 aliphatic rings. The van der Waals surface area contributed by atoms with Gasteiger partial charge in [-0.25, -0.2) is 0 Å². The standard InChI is InChI=1S/C10H15NO6/c12-8(13)5-11(6-9(14)15)10(16)7-3-1-2-4-17-7/h7H,1-6H2,(H,12,13)(H,14,15). The molecule has 7 heteroatoms. The van der Waals surface area contributed by atoms with E-state index in [1.165, 1.54) is 0 Å². The molecule has 0 aromatic rings. The lowest BCUT2D eigenvalue weighted by molar-refractivity contribution is -0.156. The van der Waals surface area contributed by atoms with Gasteiger partial charge in [0.2, 0.25) is 0 Å². The van der Waals surface area contributed by atoms with Crippen LogP contribution in [0.4, 0.5) is 0 Å². The van der Waals surface area contributed by atoms with Crippen LogP contribution in [-0.4, -0.2) is 58.8 Å². The van der Waals surface area contributed by atoms with E-state index < -0.39 is 37.0 Å². The number of nitrogens with zero attached hydrogens (tertiary/aromatic N) is 1. The fraction of sp³-hybridized carbons (Fsp3) is 0.700. The van der Waals surface area contributed by atoms with Gasteiger partial charge in [-0.3, -0.25) is 14.4 Å². The second kappa shape index (κ2) is 6.19. The molecule has 1 aliphatic heterocycles. The Labute approximate surface area is 98.0 Å². The Hall–Kier alpha value is -1.63. The van der Waals surface area contributed by atoms with Crippen molar-refractivity contribution in [3.63, 3.8) is 0 Å². The van der Waals surface area contributed by atoms with Crippen LogP contribution in [0.2, 0.25) is 0 Å². The molecule has 1 unspecified atom stereocenters. The summed E-state index contributed by atoms with van der Waals surface area (Å²) in [6.45, 7) is -0.791. The zero-order chi connectivity index (χ0) is 12.8. The van der Waals surface area contributed by atoms with Crippen LogP contribution in [0.15, 0.2) is 0 Å². The summed E-state index contributed by atoms with van der Waals surface area (Å²) in [5.41, 5.74) is 0. The summed E-state index contributed by atoms with van der Waals surface area (Å²) in [7, 11) is 0. The van der Waals surface area contributed by atoms with E-state index in [9.17, 15) is 14.4 Å². The predicted molar refractivity (Wildman–Crippen MR) is 55.4 cm³/mol. The molecule has 0 saturated carbocycles. The molecule has 1 amide bonds. The van der Waals surface area contributed by atoms with E-state index in [0.717, 1.165) is 17.7 Å². The van der Waals surface area contributed by atoms with E-state index in [-0.39, 0.29) is 0 Å². The third-order valence-corrected chi connectivity index (χ3v) is 2.42. The molecule has 0 radical (unpaired) electrons. The van der Waals surface area contributed by atoms with Gasteiger partial charge < -0.3 is 19.8 Å². The maximum absolute atomic E-state index is 11.8. The van der Waals surface area contributed by atoms with Crippen LogP contribution in [0, 0.1) is 0 Å². The first-order valence-corrected chi connectivity index (χ1v) is 5.34. The van der Waals surface area contributed by atoms with E-state index >= 15 is 0 Å². The second-order valence-corrected chi connectivity index (χ2v) is 3.84. The molecular weight excluding hydrogens is 230 g/mol. The molecule has 0 aliphatic carbocycles. The molecule has 1 rings (SSSR count). The van der Waals surface area contributed by atoms with E-state index in [1.54, 1.807) is 0 Å². The molecule has 0 aromatic carbocycles. The Kier molecular flexibility index (Phi) is 4.89. The molecule has 1 atom stereocenters. The maximum atomic E-state index is 11.8. The van der Waals surface area contributed by atoms with Gasteiger partial charge in [-0.2, -0.15) is 0 Å². The first kappa shape index (κ1) is 13.4. The molecule has 0 spiro atoms. The Balaban J connectivity index is 2.63. The Morgan fingerprint density at radius 1 is 1.12 bits per heavy atom. The van der Waals surface area contributed by atoms with E-state index in [0.29, 0.717) is 13.0 Å². The Morgan fingerprint density at radius 2 is 1.71 bits per heavy atom. The van der Waals surface area contributed by atoms with Crippen LogP contribution in [0.3, 0.4) is 0 Å². The molecule has 96 valence electrons. The highest BCUT2D eigenvalue weighted by molar-refractivity contribution is 5.87. The minimum Gasteiger partial charge on any atom is -0.480 e. The number of ether oxygens (including phenoxy) is 1. The lowest BCUT2D eigenvalue weighted by atomic mass is 10.1. The van der Waals surface area contributed by atoms with Gasteiger partial charge in [0.05, 0.1) is 0 Å². The third-order valence-electron chi connectivity index (χ3n) is 2.42. The van der Waals surface area contributed by atoms with Gasteiger partial charge >= 0.3 is 11.9 Å². The maximum Gasteiger partial charge on any atom is 0.323 e. The van der Waals surface area contributed by atoms with Crippen LogP contribution >= 0.6 is 0 Å². The van der Waals surface area contributed by atoms with Crippen molar-refractivity contribution in [2.45, 2.75) is 25.4 Å². The number of hydrogen-bond acceptors (Lipinski definition) is 4. The minimum atomic E-state index is -1.24. The summed E-state index contributed by atoms with van der Waals surface area (Å²) in [5, 5.41) is 17.2. The first-order valence-electron chi connectivity index (χ1n) is 5.34. The normalized spacial score (nSPS) is 19.6. The number of aliphatic carboxylic acids is 2. The predicted octanol–water partition coefficient (Wildman–Crippen LogP) is -0.447. The van der Waals surface area contributed by atoms with Crippen molar-refractivity contribution in [2.24, 2.45) is 0 Å². The van der Waals surface area contributed by atoms with Crippen molar-refractivity contribution in [3.8, 4) is 0 Å². The van der Waals surface area contributed by atoms with E-state index in [4.69, 9.17) is 14.9 Å². The zero-order valence-electron chi connectivity index (χ0n) is 9.29. The van der Waals surface area contributed by atoms with Crippen LogP contribution in [0.1, 0.15) is 19.3 Å². The molecule has 1 saturated heterocycles. The molecule has 0 bridgehead atoms. The lowest BCUT2D eigenvalue weighted by Gasteiger charge is -2.27. The number of carboxylic acids is 2. The number of carbonyl (C=O) groups excluding carboxylic acids is 1. The highest BCUT2D eigenvalue weighted by Gasteiger charge is 2.29. The Bertz CT molecular complexity index is 294. The minimum absolute atomic E-state index is 0.449. The van der Waals surface area contributed by atoms with Crippen LogP contribution in [0.25, 0.3) is 0 Å². The van der Waals surface area contributed by atoms with Gasteiger partial charge in [0.15, 0.2) is 0 Å². The lowest BCUT2D eigenvalue weighted by Crippen LogP contribution is -2.46. The average molecular weight is 245 g/mol. The molecule has 2 N–H and O–H groups in total. The van der Waals surface area contributed by atoms with Crippen molar-refractivity contribution >= 4 is 17.8 Å². The quantitative estimate of drug-likeness (QED) is 0.680. The number of amides is 1. The molecule has 1 heterocycles.